The van der Waals surface area contributed by atoms with Gasteiger partial charge in [-0.3, -0.25) is 4.79 Å². The molecule has 0 saturated carbocycles. The van der Waals surface area contributed by atoms with E-state index in [1.54, 1.807) is 0 Å². The number of unbranched alkanes of at least 4 members (excludes halogenated alkanes) is 4. The first-order valence-electron chi connectivity index (χ1n) is 5.95. The van der Waals surface area contributed by atoms with Crippen LogP contribution in [-0.2, 0) is 4.79 Å². The molecule has 1 N–H and O–H groups in total. The van der Waals surface area contributed by atoms with Crippen molar-refractivity contribution in [2.75, 3.05) is 0 Å². The zero-order valence-electron chi connectivity index (χ0n) is 9.59. The van der Waals surface area contributed by atoms with Gasteiger partial charge in [0.05, 0.1) is 5.92 Å². The third-order valence-electron chi connectivity index (χ3n) is 2.66. The summed E-state index contributed by atoms with van der Waals surface area (Å²) < 4.78 is 0. The predicted molar refractivity (Wildman–Crippen MR) is 59.4 cm³/mol. The molecule has 0 bridgehead atoms. The summed E-state index contributed by atoms with van der Waals surface area (Å²) in [5, 5.41) is 8.96. The average Bonchev–Trinajstić information content (AvgIpc) is 2.16. The van der Waals surface area contributed by atoms with Crippen LogP contribution in [0.15, 0.2) is 0 Å². The zero-order valence-corrected chi connectivity index (χ0v) is 9.59. The number of rotatable bonds is 9. The molecule has 14 heavy (non-hydrogen) atoms. The van der Waals surface area contributed by atoms with Crippen LogP contribution in [0.25, 0.3) is 0 Å². The summed E-state index contributed by atoms with van der Waals surface area (Å²) in [5.74, 6) is -0.693. The lowest BCUT2D eigenvalue weighted by molar-refractivity contribution is -0.142. The molecule has 0 rings (SSSR count). The number of hydrogen-bond acceptors (Lipinski definition) is 1. The Morgan fingerprint density at radius 3 is 2.07 bits per heavy atom. The number of aliphatic carboxylic acids is 1. The van der Waals surface area contributed by atoms with Crippen LogP contribution in [-0.4, -0.2) is 11.1 Å². The molecule has 0 aliphatic heterocycles. The van der Waals surface area contributed by atoms with Crippen LogP contribution in [0.3, 0.4) is 0 Å². The Morgan fingerprint density at radius 1 is 1.00 bits per heavy atom. The van der Waals surface area contributed by atoms with Gasteiger partial charge in [0.15, 0.2) is 0 Å². The molecule has 0 aromatic rings. The first-order chi connectivity index (χ1) is 6.72. The summed E-state index contributed by atoms with van der Waals surface area (Å²) >= 11 is 0. The van der Waals surface area contributed by atoms with E-state index in [4.69, 9.17) is 5.11 Å². The molecule has 0 aliphatic rings. The summed E-state index contributed by atoms with van der Waals surface area (Å²) in [6.07, 6.45) is 8.59. The van der Waals surface area contributed by atoms with E-state index in [9.17, 15) is 4.79 Å². The second-order valence-electron chi connectivity index (χ2n) is 4.03. The van der Waals surface area contributed by atoms with E-state index >= 15 is 0 Å². The maximum Gasteiger partial charge on any atom is 0.306 e. The second kappa shape index (κ2) is 9.04. The Labute approximate surface area is 87.7 Å². The molecule has 84 valence electrons. The summed E-state index contributed by atoms with van der Waals surface area (Å²) in [4.78, 5) is 10.9. The molecular weight excluding hydrogens is 176 g/mol. The highest BCUT2D eigenvalue weighted by molar-refractivity contribution is 5.69. The van der Waals surface area contributed by atoms with Crippen molar-refractivity contribution < 1.29 is 9.90 Å². The highest BCUT2D eigenvalue weighted by atomic mass is 16.4. The molecule has 0 radical (unpaired) electrons. The van der Waals surface area contributed by atoms with Crippen molar-refractivity contribution in [1.82, 2.24) is 0 Å². The molecule has 0 aromatic carbocycles. The number of carboxylic acid groups (broad SMARTS) is 1. The SMILES string of the molecule is CCCCCC[C@@H](CCCC)C(=O)O. The van der Waals surface area contributed by atoms with Crippen molar-refractivity contribution in [3.05, 3.63) is 0 Å². The van der Waals surface area contributed by atoms with Gasteiger partial charge in [0.2, 0.25) is 0 Å². The number of carbonyl (C=O) groups is 1. The summed E-state index contributed by atoms with van der Waals surface area (Å²) in [6, 6.07) is 0. The number of carboxylic acids is 1. The third kappa shape index (κ3) is 6.93. The zero-order chi connectivity index (χ0) is 10.8. The molecule has 2 heteroatoms. The Morgan fingerprint density at radius 2 is 1.57 bits per heavy atom. The van der Waals surface area contributed by atoms with Gasteiger partial charge in [0.25, 0.3) is 0 Å². The minimum absolute atomic E-state index is 0.0909. The van der Waals surface area contributed by atoms with Crippen molar-refractivity contribution in [2.45, 2.75) is 65.2 Å². The Balaban J connectivity index is 3.57. The van der Waals surface area contributed by atoms with Gasteiger partial charge in [0, 0.05) is 0 Å². The molecule has 0 saturated heterocycles. The molecule has 0 amide bonds. The Hall–Kier alpha value is -0.530. The van der Waals surface area contributed by atoms with Crippen LogP contribution >= 0.6 is 0 Å². The van der Waals surface area contributed by atoms with E-state index in [2.05, 4.69) is 13.8 Å². The third-order valence-corrected chi connectivity index (χ3v) is 2.66. The summed E-state index contributed by atoms with van der Waals surface area (Å²) in [5.41, 5.74) is 0. The predicted octanol–water partition coefficient (Wildman–Crippen LogP) is 3.85. The molecule has 0 aliphatic carbocycles. The van der Waals surface area contributed by atoms with Gasteiger partial charge < -0.3 is 5.11 Å². The molecule has 1 atom stereocenters. The molecule has 2 nitrogen and oxygen atoms in total. The molecular formula is C12H24O2. The van der Waals surface area contributed by atoms with Crippen LogP contribution < -0.4 is 0 Å². The second-order valence-corrected chi connectivity index (χ2v) is 4.03. The first kappa shape index (κ1) is 13.5. The van der Waals surface area contributed by atoms with Crippen molar-refractivity contribution in [2.24, 2.45) is 5.92 Å². The smallest absolute Gasteiger partial charge is 0.306 e. The van der Waals surface area contributed by atoms with E-state index in [1.165, 1.54) is 19.3 Å². The van der Waals surface area contributed by atoms with Crippen LogP contribution in [0.4, 0.5) is 0 Å². The van der Waals surface area contributed by atoms with Crippen molar-refractivity contribution in [3.8, 4) is 0 Å². The fourth-order valence-electron chi connectivity index (χ4n) is 1.66. The van der Waals surface area contributed by atoms with Crippen molar-refractivity contribution in [3.63, 3.8) is 0 Å². The minimum Gasteiger partial charge on any atom is -0.481 e. The lowest BCUT2D eigenvalue weighted by Crippen LogP contribution is -2.13. The summed E-state index contributed by atoms with van der Waals surface area (Å²) in [6.45, 7) is 4.28. The maximum atomic E-state index is 10.9. The first-order valence-corrected chi connectivity index (χ1v) is 5.95. The lowest BCUT2D eigenvalue weighted by Gasteiger charge is -2.10. The molecule has 0 aromatic heterocycles. The highest BCUT2D eigenvalue weighted by Gasteiger charge is 2.15. The van der Waals surface area contributed by atoms with Gasteiger partial charge in [-0.2, -0.15) is 0 Å². The lowest BCUT2D eigenvalue weighted by atomic mass is 9.95. The fraction of sp³-hybridized carbons (Fsp3) is 0.917. The van der Waals surface area contributed by atoms with Crippen LogP contribution in [0.2, 0.25) is 0 Å². The topological polar surface area (TPSA) is 37.3 Å². The monoisotopic (exact) mass is 200 g/mol. The van der Waals surface area contributed by atoms with Crippen LogP contribution in [0.1, 0.15) is 65.2 Å². The van der Waals surface area contributed by atoms with Crippen molar-refractivity contribution in [1.29, 1.82) is 0 Å². The van der Waals surface area contributed by atoms with Crippen molar-refractivity contribution >= 4 is 5.97 Å². The fourth-order valence-corrected chi connectivity index (χ4v) is 1.66. The highest BCUT2D eigenvalue weighted by Crippen LogP contribution is 2.17. The van der Waals surface area contributed by atoms with Crippen LogP contribution in [0.5, 0.6) is 0 Å². The van der Waals surface area contributed by atoms with Gasteiger partial charge >= 0.3 is 5.97 Å². The van der Waals surface area contributed by atoms with E-state index in [0.717, 1.165) is 32.1 Å². The normalized spacial score (nSPS) is 12.7. The van der Waals surface area contributed by atoms with E-state index in [1.807, 2.05) is 0 Å². The molecule has 0 unspecified atom stereocenters. The van der Waals surface area contributed by atoms with Gasteiger partial charge in [-0.05, 0) is 12.8 Å². The Kier molecular flexibility index (Phi) is 8.70. The standard InChI is InChI=1S/C12H24O2/c1-3-5-7-8-10-11(12(13)14)9-6-4-2/h11H,3-10H2,1-2H3,(H,13,14)/t11-/m1/s1. The average molecular weight is 200 g/mol. The van der Waals surface area contributed by atoms with E-state index in [0.29, 0.717) is 0 Å². The minimum atomic E-state index is -0.602. The maximum absolute atomic E-state index is 10.9. The van der Waals surface area contributed by atoms with Gasteiger partial charge in [0.1, 0.15) is 0 Å². The largest absolute Gasteiger partial charge is 0.481 e. The van der Waals surface area contributed by atoms with Gasteiger partial charge in [-0.15, -0.1) is 0 Å². The number of hydrogen-bond donors (Lipinski definition) is 1. The quantitative estimate of drug-likeness (QED) is 0.574. The molecule has 0 fully saturated rings. The van der Waals surface area contributed by atoms with E-state index < -0.39 is 5.97 Å². The molecule has 0 spiro atoms. The van der Waals surface area contributed by atoms with Crippen LogP contribution in [0, 0.1) is 5.92 Å². The Bertz CT molecular complexity index is 143. The van der Waals surface area contributed by atoms with E-state index in [-0.39, 0.29) is 5.92 Å². The van der Waals surface area contributed by atoms with Gasteiger partial charge in [-0.1, -0.05) is 52.4 Å². The van der Waals surface area contributed by atoms with Gasteiger partial charge in [-0.25, -0.2) is 0 Å². The summed E-state index contributed by atoms with van der Waals surface area (Å²) in [7, 11) is 0. The molecule has 0 heterocycles.